The fourth-order valence-electron chi connectivity index (χ4n) is 2.74. The van der Waals surface area contributed by atoms with Gasteiger partial charge in [-0.2, -0.15) is 15.0 Å². The number of anilines is 3. The summed E-state index contributed by atoms with van der Waals surface area (Å²) in [5, 5.41) is 6.81. The number of unbranched alkanes of at least 4 members (excludes halogenated alkanes) is 1. The van der Waals surface area contributed by atoms with Crippen LogP contribution in [0.5, 0.6) is 0 Å². The molecule has 1 heterocycles. The fourth-order valence-corrected chi connectivity index (χ4v) is 2.74. The molecule has 1 atom stereocenters. The molecule has 5 heteroatoms. The highest BCUT2D eigenvalue weighted by Crippen LogP contribution is 2.23. The van der Waals surface area contributed by atoms with Crippen molar-refractivity contribution in [2.45, 2.75) is 66.3 Å². The van der Waals surface area contributed by atoms with E-state index in [1.807, 2.05) is 6.92 Å². The first-order valence-corrected chi connectivity index (χ1v) is 8.86. The van der Waals surface area contributed by atoms with Crippen molar-refractivity contribution in [1.29, 1.82) is 0 Å². The fraction of sp³-hybridized carbons (Fsp3) is 0.526. The van der Waals surface area contributed by atoms with Crippen LogP contribution >= 0.6 is 0 Å². The number of hydrogen-bond donors (Lipinski definition) is 2. The molecule has 0 aliphatic heterocycles. The molecule has 130 valence electrons. The number of rotatable bonds is 8. The van der Waals surface area contributed by atoms with E-state index in [0.717, 1.165) is 18.5 Å². The molecule has 0 amide bonds. The summed E-state index contributed by atoms with van der Waals surface area (Å²) >= 11 is 0. The molecular weight excluding hydrogens is 298 g/mol. The number of para-hydroxylation sites is 1. The van der Waals surface area contributed by atoms with Gasteiger partial charge in [0, 0.05) is 11.7 Å². The van der Waals surface area contributed by atoms with Crippen molar-refractivity contribution >= 4 is 17.6 Å². The number of hydrogen-bond acceptors (Lipinski definition) is 5. The van der Waals surface area contributed by atoms with Crippen LogP contribution in [-0.4, -0.2) is 21.0 Å². The van der Waals surface area contributed by atoms with Crippen LogP contribution < -0.4 is 10.6 Å². The average molecular weight is 327 g/mol. The van der Waals surface area contributed by atoms with Crippen molar-refractivity contribution < 1.29 is 0 Å². The van der Waals surface area contributed by atoms with Crippen LogP contribution in [0.2, 0.25) is 0 Å². The molecule has 0 bridgehead atoms. The van der Waals surface area contributed by atoms with Crippen molar-refractivity contribution in [1.82, 2.24) is 15.0 Å². The lowest BCUT2D eigenvalue weighted by molar-refractivity contribution is 0.589. The third kappa shape index (κ3) is 4.91. The number of benzene rings is 1. The van der Waals surface area contributed by atoms with Gasteiger partial charge in [-0.05, 0) is 44.7 Å². The summed E-state index contributed by atoms with van der Waals surface area (Å²) in [6.07, 6.45) is 4.61. The zero-order valence-electron chi connectivity index (χ0n) is 15.5. The number of aromatic nitrogens is 3. The predicted molar refractivity (Wildman–Crippen MR) is 101 cm³/mol. The zero-order valence-corrected chi connectivity index (χ0v) is 15.5. The van der Waals surface area contributed by atoms with Crippen LogP contribution in [0.15, 0.2) is 18.2 Å². The molecule has 0 saturated carbocycles. The normalized spacial score (nSPS) is 12.0. The molecule has 0 aliphatic rings. The van der Waals surface area contributed by atoms with Gasteiger partial charge in [-0.25, -0.2) is 0 Å². The quantitative estimate of drug-likeness (QED) is 0.720. The van der Waals surface area contributed by atoms with Gasteiger partial charge in [-0.3, -0.25) is 0 Å². The van der Waals surface area contributed by atoms with Crippen LogP contribution in [0.25, 0.3) is 0 Å². The minimum Gasteiger partial charge on any atom is -0.351 e. The summed E-state index contributed by atoms with van der Waals surface area (Å²) in [5.41, 5.74) is 3.42. The van der Waals surface area contributed by atoms with Gasteiger partial charge in [0.05, 0.1) is 0 Å². The summed E-state index contributed by atoms with van der Waals surface area (Å²) in [6, 6.07) is 6.63. The Morgan fingerprint density at radius 3 is 2.25 bits per heavy atom. The highest BCUT2D eigenvalue weighted by Gasteiger charge is 2.11. The van der Waals surface area contributed by atoms with Gasteiger partial charge in [0.25, 0.3) is 0 Å². The zero-order chi connectivity index (χ0) is 17.5. The second kappa shape index (κ2) is 8.62. The van der Waals surface area contributed by atoms with Crippen molar-refractivity contribution in [2.24, 2.45) is 0 Å². The monoisotopic (exact) mass is 327 g/mol. The molecule has 1 aromatic heterocycles. The Balaban J connectivity index is 2.19. The second-order valence-electron chi connectivity index (χ2n) is 6.31. The summed E-state index contributed by atoms with van der Waals surface area (Å²) in [7, 11) is 0. The first kappa shape index (κ1) is 18.2. The maximum atomic E-state index is 4.56. The topological polar surface area (TPSA) is 62.7 Å². The summed E-state index contributed by atoms with van der Waals surface area (Å²) in [4.78, 5) is 13.4. The van der Waals surface area contributed by atoms with E-state index in [-0.39, 0.29) is 0 Å². The molecule has 2 rings (SSSR count). The lowest BCUT2D eigenvalue weighted by Gasteiger charge is -2.17. The SMILES string of the molecule is CCCC[C@@H](CC)Nc1nc(C)nc(Nc2c(C)cccc2C)n1. The number of aryl methyl sites for hydroxylation is 3. The Morgan fingerprint density at radius 2 is 1.62 bits per heavy atom. The first-order valence-electron chi connectivity index (χ1n) is 8.86. The molecule has 0 unspecified atom stereocenters. The highest BCUT2D eigenvalue weighted by molar-refractivity contribution is 5.63. The van der Waals surface area contributed by atoms with Crippen molar-refractivity contribution in [3.05, 3.63) is 35.2 Å². The molecule has 0 aliphatic carbocycles. The predicted octanol–water partition coefficient (Wildman–Crippen LogP) is 4.92. The lowest BCUT2D eigenvalue weighted by atomic mass is 10.1. The molecule has 5 nitrogen and oxygen atoms in total. The van der Waals surface area contributed by atoms with Gasteiger partial charge in [0.1, 0.15) is 5.82 Å². The Bertz CT molecular complexity index is 649. The second-order valence-corrected chi connectivity index (χ2v) is 6.31. The van der Waals surface area contributed by atoms with Gasteiger partial charge in [-0.1, -0.05) is 44.9 Å². The van der Waals surface area contributed by atoms with E-state index in [1.165, 1.54) is 24.0 Å². The van der Waals surface area contributed by atoms with Gasteiger partial charge in [0.15, 0.2) is 0 Å². The van der Waals surface area contributed by atoms with Crippen molar-refractivity contribution in [3.63, 3.8) is 0 Å². The molecule has 2 N–H and O–H groups in total. The van der Waals surface area contributed by atoms with Crippen LogP contribution in [0.3, 0.4) is 0 Å². The standard InChI is InChI=1S/C19H29N5/c1-6-8-12-16(7-2)22-18-20-15(5)21-19(24-18)23-17-13(3)10-9-11-14(17)4/h9-11,16H,6-8,12H2,1-5H3,(H2,20,21,22,23,24)/t16-/m1/s1. The Morgan fingerprint density at radius 1 is 0.958 bits per heavy atom. The molecule has 0 radical (unpaired) electrons. The summed E-state index contributed by atoms with van der Waals surface area (Å²) in [6.45, 7) is 10.5. The van der Waals surface area contributed by atoms with Crippen molar-refractivity contribution in [2.75, 3.05) is 10.6 Å². The van der Waals surface area contributed by atoms with E-state index < -0.39 is 0 Å². The van der Waals surface area contributed by atoms with Gasteiger partial charge in [-0.15, -0.1) is 0 Å². The Kier molecular flexibility index (Phi) is 6.53. The van der Waals surface area contributed by atoms with Gasteiger partial charge in [0.2, 0.25) is 11.9 Å². The van der Waals surface area contributed by atoms with Gasteiger partial charge < -0.3 is 10.6 Å². The van der Waals surface area contributed by atoms with Crippen LogP contribution in [0.4, 0.5) is 17.6 Å². The van der Waals surface area contributed by atoms with E-state index in [9.17, 15) is 0 Å². The lowest BCUT2D eigenvalue weighted by Crippen LogP contribution is -2.21. The van der Waals surface area contributed by atoms with Crippen LogP contribution in [-0.2, 0) is 0 Å². The van der Waals surface area contributed by atoms with Gasteiger partial charge >= 0.3 is 0 Å². The molecular formula is C19H29N5. The number of nitrogens with one attached hydrogen (secondary N) is 2. The first-order chi connectivity index (χ1) is 11.5. The van der Waals surface area contributed by atoms with E-state index in [0.29, 0.717) is 23.8 Å². The van der Waals surface area contributed by atoms with E-state index in [4.69, 9.17) is 0 Å². The Hall–Kier alpha value is -2.17. The van der Waals surface area contributed by atoms with Crippen LogP contribution in [0.1, 0.15) is 56.5 Å². The molecule has 2 aromatic rings. The third-order valence-corrected chi connectivity index (χ3v) is 4.20. The molecule has 0 saturated heterocycles. The molecule has 0 fully saturated rings. The highest BCUT2D eigenvalue weighted by atomic mass is 15.2. The minimum atomic E-state index is 0.403. The molecule has 1 aromatic carbocycles. The third-order valence-electron chi connectivity index (χ3n) is 4.20. The van der Waals surface area contributed by atoms with E-state index in [1.54, 1.807) is 0 Å². The van der Waals surface area contributed by atoms with E-state index >= 15 is 0 Å². The van der Waals surface area contributed by atoms with Crippen molar-refractivity contribution in [3.8, 4) is 0 Å². The Labute approximate surface area is 145 Å². The smallest absolute Gasteiger partial charge is 0.232 e. The minimum absolute atomic E-state index is 0.403. The molecule has 0 spiro atoms. The maximum absolute atomic E-state index is 4.56. The largest absolute Gasteiger partial charge is 0.351 e. The van der Waals surface area contributed by atoms with Crippen LogP contribution in [0, 0.1) is 20.8 Å². The number of nitrogens with zero attached hydrogens (tertiary/aromatic N) is 3. The average Bonchev–Trinajstić information content (AvgIpc) is 2.54. The summed E-state index contributed by atoms with van der Waals surface area (Å²) < 4.78 is 0. The van der Waals surface area contributed by atoms with E-state index in [2.05, 4.69) is 71.5 Å². The summed E-state index contributed by atoms with van der Waals surface area (Å²) in [5.74, 6) is 1.96. The maximum Gasteiger partial charge on any atom is 0.232 e. The molecule has 24 heavy (non-hydrogen) atoms.